The summed E-state index contributed by atoms with van der Waals surface area (Å²) in [5.41, 5.74) is 0. The third-order valence-electron chi connectivity index (χ3n) is 4.04. The van der Waals surface area contributed by atoms with E-state index in [0.29, 0.717) is 6.04 Å². The first-order valence-corrected chi connectivity index (χ1v) is 7.48. The molecule has 4 heteroatoms. The summed E-state index contributed by atoms with van der Waals surface area (Å²) < 4.78 is 0. The van der Waals surface area contributed by atoms with Gasteiger partial charge in [0, 0.05) is 32.2 Å². The first kappa shape index (κ1) is 13.1. The summed E-state index contributed by atoms with van der Waals surface area (Å²) in [5.74, 6) is 0. The highest BCUT2D eigenvalue weighted by Gasteiger charge is 2.20. The zero-order chi connectivity index (χ0) is 12.1. The van der Waals surface area contributed by atoms with Crippen molar-refractivity contribution in [2.75, 3.05) is 32.7 Å². The van der Waals surface area contributed by atoms with E-state index >= 15 is 0 Å². The molecule has 0 spiro atoms. The van der Waals surface area contributed by atoms with Crippen LogP contribution < -0.4 is 5.32 Å². The van der Waals surface area contributed by atoms with Gasteiger partial charge < -0.3 is 15.1 Å². The van der Waals surface area contributed by atoms with Crippen LogP contribution in [0.25, 0.3) is 0 Å². The summed E-state index contributed by atoms with van der Waals surface area (Å²) in [6.45, 7) is 7.88. The highest BCUT2D eigenvalue weighted by atomic mass is 32.1. The number of hydrogen-bond acceptors (Lipinski definition) is 2. The van der Waals surface area contributed by atoms with E-state index in [1.54, 1.807) is 0 Å². The second-order valence-corrected chi connectivity index (χ2v) is 5.59. The third kappa shape index (κ3) is 3.81. The number of rotatable bonds is 2. The van der Waals surface area contributed by atoms with Crippen molar-refractivity contribution in [2.24, 2.45) is 0 Å². The van der Waals surface area contributed by atoms with E-state index in [1.165, 1.54) is 32.1 Å². The predicted molar refractivity (Wildman–Crippen MR) is 76.3 cm³/mol. The summed E-state index contributed by atoms with van der Waals surface area (Å²) in [5, 5.41) is 4.55. The Kier molecular flexibility index (Phi) is 5.04. The van der Waals surface area contributed by atoms with Crippen molar-refractivity contribution >= 4 is 17.3 Å². The minimum atomic E-state index is 0.639. The molecule has 98 valence electrons. The second-order valence-electron chi connectivity index (χ2n) is 5.21. The van der Waals surface area contributed by atoms with Crippen molar-refractivity contribution < 1.29 is 0 Å². The van der Waals surface area contributed by atoms with Gasteiger partial charge in [-0.1, -0.05) is 26.2 Å². The molecule has 0 radical (unpaired) electrons. The molecule has 0 unspecified atom stereocenters. The number of likely N-dealkylation sites (N-methyl/N-ethyl adjacent to an activating group) is 1. The van der Waals surface area contributed by atoms with Crippen molar-refractivity contribution in [1.82, 2.24) is 15.1 Å². The Balaban J connectivity index is 1.72. The largest absolute Gasteiger partial charge is 0.360 e. The zero-order valence-corrected chi connectivity index (χ0v) is 11.8. The maximum absolute atomic E-state index is 5.53. The molecular weight excluding hydrogens is 230 g/mol. The van der Waals surface area contributed by atoms with Crippen molar-refractivity contribution in [1.29, 1.82) is 0 Å². The molecule has 17 heavy (non-hydrogen) atoms. The lowest BCUT2D eigenvalue weighted by Gasteiger charge is -2.37. The Bertz CT molecular complexity index is 243. The first-order valence-electron chi connectivity index (χ1n) is 7.07. The Hall–Kier alpha value is -0.350. The van der Waals surface area contributed by atoms with E-state index in [0.717, 1.165) is 37.8 Å². The van der Waals surface area contributed by atoms with E-state index in [4.69, 9.17) is 12.2 Å². The van der Waals surface area contributed by atoms with E-state index in [1.807, 2.05) is 0 Å². The number of piperazine rings is 1. The Morgan fingerprint density at radius 3 is 2.35 bits per heavy atom. The molecule has 1 saturated carbocycles. The monoisotopic (exact) mass is 255 g/mol. The highest BCUT2D eigenvalue weighted by molar-refractivity contribution is 7.80. The topological polar surface area (TPSA) is 18.5 Å². The molecule has 1 aliphatic carbocycles. The fourth-order valence-corrected chi connectivity index (χ4v) is 3.13. The van der Waals surface area contributed by atoms with Crippen LogP contribution in [-0.2, 0) is 0 Å². The zero-order valence-electron chi connectivity index (χ0n) is 11.0. The van der Waals surface area contributed by atoms with Crippen LogP contribution >= 0.6 is 12.2 Å². The quantitative estimate of drug-likeness (QED) is 0.759. The van der Waals surface area contributed by atoms with E-state index < -0.39 is 0 Å². The van der Waals surface area contributed by atoms with Gasteiger partial charge in [0.1, 0.15) is 0 Å². The van der Waals surface area contributed by atoms with Crippen LogP contribution in [-0.4, -0.2) is 53.7 Å². The molecule has 2 aliphatic rings. The maximum Gasteiger partial charge on any atom is 0.169 e. The van der Waals surface area contributed by atoms with Gasteiger partial charge in [-0.15, -0.1) is 0 Å². The van der Waals surface area contributed by atoms with Crippen LogP contribution in [0.15, 0.2) is 0 Å². The first-order chi connectivity index (χ1) is 8.29. The van der Waals surface area contributed by atoms with Gasteiger partial charge >= 0.3 is 0 Å². The van der Waals surface area contributed by atoms with Crippen LogP contribution in [0.3, 0.4) is 0 Å². The van der Waals surface area contributed by atoms with Crippen LogP contribution in [0.4, 0.5) is 0 Å². The highest BCUT2D eigenvalue weighted by Crippen LogP contribution is 2.17. The molecular formula is C13H25N3S. The molecule has 1 aliphatic heterocycles. The Morgan fingerprint density at radius 1 is 1.12 bits per heavy atom. The lowest BCUT2D eigenvalue weighted by atomic mass is 9.96. The number of thiocarbonyl (C=S) groups is 1. The molecule has 3 nitrogen and oxygen atoms in total. The number of nitrogens with one attached hydrogen (secondary N) is 1. The normalized spacial score (nSPS) is 23.7. The van der Waals surface area contributed by atoms with Gasteiger partial charge in [-0.05, 0) is 31.6 Å². The minimum Gasteiger partial charge on any atom is -0.360 e. The summed E-state index contributed by atoms with van der Waals surface area (Å²) in [7, 11) is 0. The average molecular weight is 255 g/mol. The third-order valence-corrected chi connectivity index (χ3v) is 4.42. The van der Waals surface area contributed by atoms with Gasteiger partial charge in [-0.3, -0.25) is 0 Å². The maximum atomic E-state index is 5.53. The van der Waals surface area contributed by atoms with Crippen LogP contribution in [0.2, 0.25) is 0 Å². The smallest absolute Gasteiger partial charge is 0.169 e. The fraction of sp³-hybridized carbons (Fsp3) is 0.923. The van der Waals surface area contributed by atoms with Gasteiger partial charge in [0.05, 0.1) is 0 Å². The van der Waals surface area contributed by atoms with Crippen molar-refractivity contribution in [2.45, 2.75) is 45.1 Å². The van der Waals surface area contributed by atoms with Crippen molar-refractivity contribution in [3.05, 3.63) is 0 Å². The SMILES string of the molecule is CCN1CCN(C(=S)NC2CCCCC2)CC1. The summed E-state index contributed by atoms with van der Waals surface area (Å²) >= 11 is 5.53. The lowest BCUT2D eigenvalue weighted by molar-refractivity contribution is 0.187. The molecule has 0 aromatic carbocycles. The molecule has 1 N–H and O–H groups in total. The Morgan fingerprint density at radius 2 is 1.76 bits per heavy atom. The molecule has 0 atom stereocenters. The Labute approximate surface area is 111 Å². The second kappa shape index (κ2) is 6.55. The fourth-order valence-electron chi connectivity index (χ4n) is 2.78. The molecule has 0 aromatic heterocycles. The molecule has 2 fully saturated rings. The van der Waals surface area contributed by atoms with Gasteiger partial charge in [-0.25, -0.2) is 0 Å². The summed E-state index contributed by atoms with van der Waals surface area (Å²) in [6, 6.07) is 0.639. The number of nitrogens with zero attached hydrogens (tertiary/aromatic N) is 2. The van der Waals surface area contributed by atoms with Crippen LogP contribution in [0.1, 0.15) is 39.0 Å². The molecule has 2 rings (SSSR count). The lowest BCUT2D eigenvalue weighted by Crippen LogP contribution is -2.53. The number of hydrogen-bond donors (Lipinski definition) is 1. The summed E-state index contributed by atoms with van der Waals surface area (Å²) in [6.07, 6.45) is 6.73. The van der Waals surface area contributed by atoms with Crippen molar-refractivity contribution in [3.63, 3.8) is 0 Å². The molecule has 0 bridgehead atoms. The van der Waals surface area contributed by atoms with Crippen LogP contribution in [0, 0.1) is 0 Å². The standard InChI is InChI=1S/C13H25N3S/c1-2-15-8-10-16(11-9-15)13(17)14-12-6-4-3-5-7-12/h12H,2-11H2,1H3,(H,14,17). The van der Waals surface area contributed by atoms with Gasteiger partial charge in [0.15, 0.2) is 5.11 Å². The predicted octanol–water partition coefficient (Wildman–Crippen LogP) is 1.83. The summed E-state index contributed by atoms with van der Waals surface area (Å²) in [4.78, 5) is 4.83. The van der Waals surface area contributed by atoms with Gasteiger partial charge in [-0.2, -0.15) is 0 Å². The van der Waals surface area contributed by atoms with Gasteiger partial charge in [0.25, 0.3) is 0 Å². The minimum absolute atomic E-state index is 0.639. The van der Waals surface area contributed by atoms with E-state index in [2.05, 4.69) is 22.0 Å². The van der Waals surface area contributed by atoms with Gasteiger partial charge in [0.2, 0.25) is 0 Å². The van der Waals surface area contributed by atoms with E-state index in [-0.39, 0.29) is 0 Å². The molecule has 0 amide bonds. The van der Waals surface area contributed by atoms with Crippen LogP contribution in [0.5, 0.6) is 0 Å². The van der Waals surface area contributed by atoms with E-state index in [9.17, 15) is 0 Å². The molecule has 0 aromatic rings. The van der Waals surface area contributed by atoms with Crippen molar-refractivity contribution in [3.8, 4) is 0 Å². The molecule has 1 saturated heterocycles. The molecule has 1 heterocycles. The average Bonchev–Trinajstić information content (AvgIpc) is 2.40.